The molecule has 8 aromatic carbocycles. The number of nitrogens with zero attached hydrogens (tertiary/aromatic N) is 2. The maximum atomic E-state index is 6.53. The molecule has 238 valence electrons. The summed E-state index contributed by atoms with van der Waals surface area (Å²) in [5.74, 6) is 0. The van der Waals surface area contributed by atoms with E-state index in [1.807, 2.05) is 0 Å². The van der Waals surface area contributed by atoms with Gasteiger partial charge in [-0.05, 0) is 89.0 Å². The minimum absolute atomic E-state index is 0.880. The summed E-state index contributed by atoms with van der Waals surface area (Å²) in [6.45, 7) is 0. The third kappa shape index (κ3) is 4.19. The third-order valence-electron chi connectivity index (χ3n) is 10.5. The number of benzene rings is 8. The molecule has 0 unspecified atom stereocenters. The van der Waals surface area contributed by atoms with Gasteiger partial charge in [0, 0.05) is 32.6 Å². The molecule has 0 atom stereocenters. The Morgan fingerprint density at radius 3 is 1.63 bits per heavy atom. The second-order valence-electron chi connectivity index (χ2n) is 13.3. The molecule has 3 aromatic heterocycles. The second-order valence-corrected chi connectivity index (χ2v) is 13.3. The lowest BCUT2D eigenvalue weighted by Gasteiger charge is -2.11. The maximum Gasteiger partial charge on any atom is 0.137 e. The highest BCUT2D eigenvalue weighted by molar-refractivity contribution is 6.16. The number of rotatable bonds is 4. The zero-order chi connectivity index (χ0) is 33.5. The van der Waals surface area contributed by atoms with Gasteiger partial charge in [-0.25, -0.2) is 0 Å². The van der Waals surface area contributed by atoms with Gasteiger partial charge in [-0.2, -0.15) is 0 Å². The fourth-order valence-corrected chi connectivity index (χ4v) is 8.24. The molecule has 0 radical (unpaired) electrons. The van der Waals surface area contributed by atoms with Crippen LogP contribution in [0.25, 0.3) is 99.2 Å². The van der Waals surface area contributed by atoms with Crippen molar-refractivity contribution in [3.63, 3.8) is 0 Å². The highest BCUT2D eigenvalue weighted by atomic mass is 16.3. The first kappa shape index (κ1) is 28.0. The van der Waals surface area contributed by atoms with E-state index in [0.29, 0.717) is 0 Å². The first-order valence-electron chi connectivity index (χ1n) is 17.4. The van der Waals surface area contributed by atoms with Crippen molar-refractivity contribution in [1.82, 2.24) is 9.13 Å². The molecule has 3 heteroatoms. The fourth-order valence-electron chi connectivity index (χ4n) is 8.24. The van der Waals surface area contributed by atoms with Gasteiger partial charge in [0.1, 0.15) is 11.2 Å². The first-order valence-corrected chi connectivity index (χ1v) is 17.4. The molecule has 11 rings (SSSR count). The predicted octanol–water partition coefficient (Wildman–Crippen LogP) is 13.1. The summed E-state index contributed by atoms with van der Waals surface area (Å²) in [6, 6.07) is 65.4. The first-order chi connectivity index (χ1) is 25.3. The minimum atomic E-state index is 0.880. The van der Waals surface area contributed by atoms with Gasteiger partial charge in [-0.15, -0.1) is 0 Å². The van der Waals surface area contributed by atoms with E-state index in [-0.39, 0.29) is 0 Å². The number of fused-ring (bicyclic) bond motifs is 9. The van der Waals surface area contributed by atoms with Crippen LogP contribution in [0, 0.1) is 0 Å². The monoisotopic (exact) mass is 650 g/mol. The highest BCUT2D eigenvalue weighted by Crippen LogP contribution is 2.41. The van der Waals surface area contributed by atoms with Gasteiger partial charge in [0.25, 0.3) is 0 Å². The Bertz CT molecular complexity index is 3090. The van der Waals surface area contributed by atoms with Crippen molar-refractivity contribution in [2.24, 2.45) is 0 Å². The smallest absolute Gasteiger partial charge is 0.137 e. The largest absolute Gasteiger partial charge is 0.456 e. The molecule has 0 spiro atoms. The molecule has 3 heterocycles. The summed E-state index contributed by atoms with van der Waals surface area (Å²) < 4.78 is 11.3. The molecular weight excluding hydrogens is 621 g/mol. The van der Waals surface area contributed by atoms with E-state index >= 15 is 0 Å². The molecule has 0 amide bonds. The fraction of sp³-hybridized carbons (Fsp3) is 0. The summed E-state index contributed by atoms with van der Waals surface area (Å²) in [5.41, 5.74) is 13.5. The van der Waals surface area contributed by atoms with Crippen LogP contribution in [0.15, 0.2) is 186 Å². The summed E-state index contributed by atoms with van der Waals surface area (Å²) >= 11 is 0. The summed E-state index contributed by atoms with van der Waals surface area (Å²) in [7, 11) is 0. The van der Waals surface area contributed by atoms with Crippen molar-refractivity contribution in [3.8, 4) is 33.6 Å². The zero-order valence-corrected chi connectivity index (χ0v) is 27.6. The van der Waals surface area contributed by atoms with E-state index in [4.69, 9.17) is 4.42 Å². The van der Waals surface area contributed by atoms with Crippen molar-refractivity contribution in [3.05, 3.63) is 182 Å². The minimum Gasteiger partial charge on any atom is -0.456 e. The van der Waals surface area contributed by atoms with Crippen LogP contribution in [0.5, 0.6) is 0 Å². The summed E-state index contributed by atoms with van der Waals surface area (Å²) in [6.07, 6.45) is 0. The number of hydrogen-bond acceptors (Lipinski definition) is 1. The maximum absolute atomic E-state index is 6.53. The molecule has 0 N–H and O–H groups in total. The summed E-state index contributed by atoms with van der Waals surface area (Å²) in [5, 5.41) is 7.19. The van der Waals surface area contributed by atoms with Crippen LogP contribution in [0.1, 0.15) is 0 Å². The Labute approximate surface area is 293 Å². The summed E-state index contributed by atoms with van der Waals surface area (Å²) in [4.78, 5) is 0. The van der Waals surface area contributed by atoms with Crippen molar-refractivity contribution in [1.29, 1.82) is 0 Å². The number of hydrogen-bond donors (Lipinski definition) is 0. The number of furan rings is 1. The van der Waals surface area contributed by atoms with Gasteiger partial charge < -0.3 is 13.6 Å². The van der Waals surface area contributed by atoms with E-state index < -0.39 is 0 Å². The Hall–Kier alpha value is -6.84. The molecule has 0 aliphatic carbocycles. The van der Waals surface area contributed by atoms with Crippen LogP contribution < -0.4 is 0 Å². The normalized spacial score (nSPS) is 11.9. The van der Waals surface area contributed by atoms with E-state index in [1.165, 1.54) is 54.8 Å². The Morgan fingerprint density at radius 1 is 0.314 bits per heavy atom. The second kappa shape index (κ2) is 10.8. The quantitative estimate of drug-likeness (QED) is 0.186. The van der Waals surface area contributed by atoms with E-state index in [2.05, 4.69) is 191 Å². The Morgan fingerprint density at radius 2 is 0.882 bits per heavy atom. The molecule has 0 aliphatic rings. The van der Waals surface area contributed by atoms with Gasteiger partial charge in [-0.1, -0.05) is 115 Å². The predicted molar refractivity (Wildman–Crippen MR) is 213 cm³/mol. The Balaban J connectivity index is 1.14. The van der Waals surface area contributed by atoms with Crippen LogP contribution in [0.2, 0.25) is 0 Å². The average molecular weight is 651 g/mol. The van der Waals surface area contributed by atoms with Crippen molar-refractivity contribution >= 4 is 65.6 Å². The lowest BCUT2D eigenvalue weighted by molar-refractivity contribution is 0.669. The van der Waals surface area contributed by atoms with Crippen LogP contribution in [0.3, 0.4) is 0 Å². The van der Waals surface area contributed by atoms with E-state index in [1.54, 1.807) is 0 Å². The van der Waals surface area contributed by atoms with Gasteiger partial charge in [0.05, 0.1) is 33.1 Å². The molecular formula is C48H30N2O. The average Bonchev–Trinajstić information content (AvgIpc) is 3.85. The molecule has 0 saturated carbocycles. The molecule has 0 aliphatic heterocycles. The Kier molecular flexibility index (Phi) is 5.96. The van der Waals surface area contributed by atoms with Crippen LogP contribution in [-0.2, 0) is 0 Å². The van der Waals surface area contributed by atoms with Crippen molar-refractivity contribution in [2.75, 3.05) is 0 Å². The molecule has 51 heavy (non-hydrogen) atoms. The number of aromatic nitrogens is 2. The van der Waals surface area contributed by atoms with Crippen molar-refractivity contribution < 1.29 is 4.42 Å². The van der Waals surface area contributed by atoms with Gasteiger partial charge in [0.15, 0.2) is 0 Å². The van der Waals surface area contributed by atoms with Crippen molar-refractivity contribution in [2.45, 2.75) is 0 Å². The van der Waals surface area contributed by atoms with E-state index in [0.717, 1.165) is 44.4 Å². The highest BCUT2D eigenvalue weighted by Gasteiger charge is 2.20. The third-order valence-corrected chi connectivity index (χ3v) is 10.5. The number of para-hydroxylation sites is 3. The SMILES string of the molecule is c1ccc(-c2cccc(-c3ccc4oc5cccc(-n6c7ccccc7c7cc(-n8c9ccccc9c9ccccc98)ccc76)c5c4c3)c2)cc1. The van der Waals surface area contributed by atoms with Gasteiger partial charge >= 0.3 is 0 Å². The van der Waals surface area contributed by atoms with Gasteiger partial charge in [0.2, 0.25) is 0 Å². The lowest BCUT2D eigenvalue weighted by atomic mass is 9.98. The van der Waals surface area contributed by atoms with Crippen LogP contribution in [-0.4, -0.2) is 9.13 Å². The topological polar surface area (TPSA) is 23.0 Å². The molecule has 3 nitrogen and oxygen atoms in total. The molecule has 0 saturated heterocycles. The van der Waals surface area contributed by atoms with Gasteiger partial charge in [-0.3, -0.25) is 0 Å². The lowest BCUT2D eigenvalue weighted by Crippen LogP contribution is -1.96. The van der Waals surface area contributed by atoms with Crippen LogP contribution in [0.4, 0.5) is 0 Å². The molecule has 0 bridgehead atoms. The standard InChI is InChI=1S/C48H30N2O/c1-2-12-31(13-3-1)32-14-10-15-33(28-32)34-24-27-46-40(29-34)48-45(22-11-23-47(48)51-46)50-43-21-9-6-18-38(43)39-30-35(25-26-44(39)50)49-41-19-7-4-16-36(41)37-17-5-8-20-42(37)49/h1-30H. The van der Waals surface area contributed by atoms with E-state index in [9.17, 15) is 0 Å². The zero-order valence-electron chi connectivity index (χ0n) is 27.6. The van der Waals surface area contributed by atoms with Crippen LogP contribution >= 0.6 is 0 Å². The molecule has 0 fully saturated rings. The molecule has 11 aromatic rings.